The third-order valence-electron chi connectivity index (χ3n) is 3.37. The van der Waals surface area contributed by atoms with E-state index in [1.807, 2.05) is 53.2 Å². The molecular weight excluding hydrogens is 400 g/mol. The van der Waals surface area contributed by atoms with E-state index in [1.54, 1.807) is 29.7 Å². The molecule has 0 atom stereocenters. The summed E-state index contributed by atoms with van der Waals surface area (Å²) in [6, 6.07) is 16.9. The number of nitrogens with one attached hydrogen (secondary N) is 1. The SMILES string of the molecule is O=C(NN=Cc1ccsc1)c1ccc(COc2ccccc2Br)cc1. The Morgan fingerprint density at radius 2 is 1.96 bits per heavy atom. The van der Waals surface area contributed by atoms with Crippen molar-refractivity contribution in [2.45, 2.75) is 6.61 Å². The maximum Gasteiger partial charge on any atom is 0.271 e. The fourth-order valence-corrected chi connectivity index (χ4v) is 3.06. The Labute approximate surface area is 158 Å². The monoisotopic (exact) mass is 414 g/mol. The Morgan fingerprint density at radius 1 is 1.16 bits per heavy atom. The number of ether oxygens (including phenoxy) is 1. The van der Waals surface area contributed by atoms with Crippen LogP contribution in [0.1, 0.15) is 21.5 Å². The molecule has 3 rings (SSSR count). The standard InChI is InChI=1S/C19H15BrN2O2S/c20-17-3-1-2-4-18(17)24-12-14-5-7-16(8-6-14)19(23)22-21-11-15-9-10-25-13-15/h1-11,13H,12H2,(H,22,23). The van der Waals surface area contributed by atoms with Crippen LogP contribution in [0.5, 0.6) is 5.75 Å². The lowest BCUT2D eigenvalue weighted by Gasteiger charge is -2.08. The molecule has 0 unspecified atom stereocenters. The van der Waals surface area contributed by atoms with Gasteiger partial charge in [0, 0.05) is 11.1 Å². The second-order valence-electron chi connectivity index (χ2n) is 5.17. The molecule has 126 valence electrons. The van der Waals surface area contributed by atoms with Gasteiger partial charge in [-0.2, -0.15) is 16.4 Å². The zero-order valence-corrected chi connectivity index (χ0v) is 15.6. The minimum absolute atomic E-state index is 0.246. The van der Waals surface area contributed by atoms with Gasteiger partial charge in [-0.05, 0) is 62.6 Å². The lowest BCUT2D eigenvalue weighted by molar-refractivity contribution is 0.0955. The van der Waals surface area contributed by atoms with E-state index in [0.29, 0.717) is 12.2 Å². The van der Waals surface area contributed by atoms with Crippen molar-refractivity contribution in [2.75, 3.05) is 0 Å². The second kappa shape index (κ2) is 8.60. The average Bonchev–Trinajstić information content (AvgIpc) is 3.15. The van der Waals surface area contributed by atoms with E-state index in [2.05, 4.69) is 26.5 Å². The van der Waals surface area contributed by atoms with Gasteiger partial charge in [0.1, 0.15) is 12.4 Å². The first-order chi connectivity index (χ1) is 12.2. The van der Waals surface area contributed by atoms with Crippen LogP contribution in [-0.4, -0.2) is 12.1 Å². The van der Waals surface area contributed by atoms with Gasteiger partial charge in [-0.1, -0.05) is 24.3 Å². The molecule has 0 spiro atoms. The third-order valence-corrected chi connectivity index (χ3v) is 4.73. The Balaban J connectivity index is 1.54. The van der Waals surface area contributed by atoms with Crippen LogP contribution in [-0.2, 0) is 6.61 Å². The summed E-state index contributed by atoms with van der Waals surface area (Å²) in [5.41, 5.74) is 5.01. The average molecular weight is 415 g/mol. The molecule has 0 radical (unpaired) electrons. The van der Waals surface area contributed by atoms with E-state index in [-0.39, 0.29) is 5.91 Å². The van der Waals surface area contributed by atoms with Crippen LogP contribution in [0.3, 0.4) is 0 Å². The minimum Gasteiger partial charge on any atom is -0.488 e. The minimum atomic E-state index is -0.246. The van der Waals surface area contributed by atoms with Crippen LogP contribution in [0.15, 0.2) is 74.9 Å². The first-order valence-electron chi connectivity index (χ1n) is 7.54. The van der Waals surface area contributed by atoms with Crippen molar-refractivity contribution in [3.63, 3.8) is 0 Å². The molecule has 0 aliphatic carbocycles. The Kier molecular flexibility index (Phi) is 5.98. The normalized spacial score (nSPS) is 10.8. The van der Waals surface area contributed by atoms with Gasteiger partial charge in [-0.15, -0.1) is 0 Å². The molecule has 0 saturated carbocycles. The molecule has 0 fully saturated rings. The number of carbonyl (C=O) groups is 1. The molecule has 1 aromatic heterocycles. The smallest absolute Gasteiger partial charge is 0.271 e. The summed E-state index contributed by atoms with van der Waals surface area (Å²) in [7, 11) is 0. The van der Waals surface area contributed by atoms with Crippen LogP contribution >= 0.6 is 27.3 Å². The van der Waals surface area contributed by atoms with Crippen molar-refractivity contribution < 1.29 is 9.53 Å². The fourth-order valence-electron chi connectivity index (χ4n) is 2.05. The zero-order chi connectivity index (χ0) is 17.5. The van der Waals surface area contributed by atoms with Crippen molar-refractivity contribution in [3.05, 3.63) is 86.5 Å². The van der Waals surface area contributed by atoms with Gasteiger partial charge in [0.2, 0.25) is 0 Å². The third kappa shape index (κ3) is 5.01. The quantitative estimate of drug-likeness (QED) is 0.462. The number of para-hydroxylation sites is 1. The molecule has 1 heterocycles. The van der Waals surface area contributed by atoms with E-state index < -0.39 is 0 Å². The van der Waals surface area contributed by atoms with E-state index in [4.69, 9.17) is 4.74 Å². The number of carbonyl (C=O) groups excluding carboxylic acids is 1. The van der Waals surface area contributed by atoms with E-state index in [9.17, 15) is 4.79 Å². The van der Waals surface area contributed by atoms with Crippen LogP contribution in [0.4, 0.5) is 0 Å². The van der Waals surface area contributed by atoms with Crippen LogP contribution in [0.2, 0.25) is 0 Å². The van der Waals surface area contributed by atoms with Gasteiger partial charge in [0.05, 0.1) is 10.7 Å². The molecule has 6 heteroatoms. The summed E-state index contributed by atoms with van der Waals surface area (Å²) < 4.78 is 6.67. The molecule has 0 bridgehead atoms. The first-order valence-corrected chi connectivity index (χ1v) is 9.28. The highest BCUT2D eigenvalue weighted by Gasteiger charge is 2.05. The number of benzene rings is 2. The molecule has 1 amide bonds. The Bertz CT molecular complexity index is 861. The molecule has 3 aromatic rings. The maximum atomic E-state index is 12.0. The molecule has 25 heavy (non-hydrogen) atoms. The molecule has 0 saturated heterocycles. The highest BCUT2D eigenvalue weighted by atomic mass is 79.9. The highest BCUT2D eigenvalue weighted by molar-refractivity contribution is 9.10. The van der Waals surface area contributed by atoms with Crippen molar-refractivity contribution in [3.8, 4) is 5.75 Å². The van der Waals surface area contributed by atoms with Crippen molar-refractivity contribution in [1.29, 1.82) is 0 Å². The van der Waals surface area contributed by atoms with E-state index in [0.717, 1.165) is 21.3 Å². The highest BCUT2D eigenvalue weighted by Crippen LogP contribution is 2.24. The van der Waals surface area contributed by atoms with Gasteiger partial charge in [0.25, 0.3) is 5.91 Å². The summed E-state index contributed by atoms with van der Waals surface area (Å²) >= 11 is 5.03. The number of nitrogens with zero attached hydrogens (tertiary/aromatic N) is 1. The molecule has 4 nitrogen and oxygen atoms in total. The number of amides is 1. The van der Waals surface area contributed by atoms with Gasteiger partial charge in [-0.3, -0.25) is 4.79 Å². The Hall–Kier alpha value is -2.44. The summed E-state index contributed by atoms with van der Waals surface area (Å²) in [5.74, 6) is 0.539. The number of hydrazone groups is 1. The van der Waals surface area contributed by atoms with Gasteiger partial charge in [0.15, 0.2) is 0 Å². The summed E-state index contributed by atoms with van der Waals surface area (Å²) in [4.78, 5) is 12.0. The van der Waals surface area contributed by atoms with Crippen molar-refractivity contribution in [2.24, 2.45) is 5.10 Å². The first kappa shape index (κ1) is 17.4. The van der Waals surface area contributed by atoms with Crippen molar-refractivity contribution >= 4 is 39.4 Å². The predicted octanol–water partition coefficient (Wildman–Crippen LogP) is 4.85. The van der Waals surface area contributed by atoms with Gasteiger partial charge in [-0.25, -0.2) is 5.43 Å². The second-order valence-corrected chi connectivity index (χ2v) is 6.81. The van der Waals surface area contributed by atoms with Crippen molar-refractivity contribution in [1.82, 2.24) is 5.43 Å². The van der Waals surface area contributed by atoms with Gasteiger partial charge < -0.3 is 4.74 Å². The lowest BCUT2D eigenvalue weighted by atomic mass is 10.1. The van der Waals surface area contributed by atoms with E-state index >= 15 is 0 Å². The van der Waals surface area contributed by atoms with Crippen LogP contribution in [0, 0.1) is 0 Å². The number of hydrogen-bond donors (Lipinski definition) is 1. The molecule has 0 aliphatic heterocycles. The zero-order valence-electron chi connectivity index (χ0n) is 13.2. The number of halogens is 1. The number of thiophene rings is 1. The lowest BCUT2D eigenvalue weighted by Crippen LogP contribution is -2.17. The van der Waals surface area contributed by atoms with E-state index in [1.165, 1.54) is 0 Å². The summed E-state index contributed by atoms with van der Waals surface area (Å²) in [5, 5.41) is 7.86. The summed E-state index contributed by atoms with van der Waals surface area (Å²) in [6.07, 6.45) is 1.62. The van der Waals surface area contributed by atoms with Crippen LogP contribution in [0.25, 0.3) is 0 Å². The molecule has 1 N–H and O–H groups in total. The predicted molar refractivity (Wildman–Crippen MR) is 104 cm³/mol. The number of rotatable bonds is 6. The molecule has 2 aromatic carbocycles. The molecule has 0 aliphatic rings. The molecular formula is C19H15BrN2O2S. The number of hydrogen-bond acceptors (Lipinski definition) is 4. The Morgan fingerprint density at radius 3 is 2.68 bits per heavy atom. The van der Waals surface area contributed by atoms with Crippen LogP contribution < -0.4 is 10.2 Å². The topological polar surface area (TPSA) is 50.7 Å². The summed E-state index contributed by atoms with van der Waals surface area (Å²) in [6.45, 7) is 0.431. The fraction of sp³-hybridized carbons (Fsp3) is 0.0526. The maximum absolute atomic E-state index is 12.0. The largest absolute Gasteiger partial charge is 0.488 e. The van der Waals surface area contributed by atoms with Gasteiger partial charge >= 0.3 is 0 Å².